The van der Waals surface area contributed by atoms with Crippen molar-refractivity contribution in [2.45, 2.75) is 43.9 Å². The van der Waals surface area contributed by atoms with Gasteiger partial charge >= 0.3 is 0 Å². The molecule has 4 aliphatic carbocycles. The maximum absolute atomic E-state index is 5.90. The standard InChI is InChI=1S/C17H19BrN2S/c18-13-4-12(5-14-15(13)20-16(19)21-14)17-6-9-1-10(7-17)3-11(2-9)8-17/h4-5,9-11H,1-3,6-8H2,(H2,19,20). The molecule has 4 saturated carbocycles. The lowest BCUT2D eigenvalue weighted by Gasteiger charge is -2.57. The van der Waals surface area contributed by atoms with Crippen molar-refractivity contribution in [3.63, 3.8) is 0 Å². The highest BCUT2D eigenvalue weighted by Crippen LogP contribution is 2.61. The van der Waals surface area contributed by atoms with E-state index in [1.54, 1.807) is 16.9 Å². The SMILES string of the molecule is Nc1nc2c(Br)cc(C34CC5CC(CC(C5)C3)C4)cc2s1. The molecule has 0 atom stereocenters. The van der Waals surface area contributed by atoms with Crippen molar-refractivity contribution in [1.29, 1.82) is 0 Å². The van der Waals surface area contributed by atoms with Crippen LogP contribution in [0.4, 0.5) is 5.13 Å². The number of nitrogens with zero attached hydrogens (tertiary/aromatic N) is 1. The van der Waals surface area contributed by atoms with Gasteiger partial charge in [-0.3, -0.25) is 0 Å². The number of aromatic nitrogens is 1. The van der Waals surface area contributed by atoms with Crippen molar-refractivity contribution in [2.24, 2.45) is 17.8 Å². The van der Waals surface area contributed by atoms with Crippen molar-refractivity contribution >= 4 is 42.6 Å². The predicted octanol–water partition coefficient (Wildman–Crippen LogP) is 5.11. The molecule has 0 unspecified atom stereocenters. The summed E-state index contributed by atoms with van der Waals surface area (Å²) < 4.78 is 2.37. The van der Waals surface area contributed by atoms with Gasteiger partial charge in [0.25, 0.3) is 0 Å². The molecule has 6 rings (SSSR count). The third kappa shape index (κ3) is 1.84. The van der Waals surface area contributed by atoms with Crippen LogP contribution in [0.15, 0.2) is 16.6 Å². The smallest absolute Gasteiger partial charge is 0.181 e. The van der Waals surface area contributed by atoms with Gasteiger partial charge in [-0.1, -0.05) is 11.3 Å². The summed E-state index contributed by atoms with van der Waals surface area (Å²) in [4.78, 5) is 4.45. The number of hydrogen-bond donors (Lipinski definition) is 1. The molecule has 4 aliphatic rings. The molecule has 2 nitrogen and oxygen atoms in total. The molecular weight excluding hydrogens is 344 g/mol. The molecule has 4 bridgehead atoms. The maximum Gasteiger partial charge on any atom is 0.181 e. The molecule has 2 N–H and O–H groups in total. The molecule has 0 aliphatic heterocycles. The molecule has 1 heterocycles. The molecule has 0 amide bonds. The highest BCUT2D eigenvalue weighted by Gasteiger charge is 2.51. The Kier molecular flexibility index (Phi) is 2.59. The Balaban J connectivity index is 1.66. The third-order valence-electron chi connectivity index (χ3n) is 6.12. The number of nitrogens with two attached hydrogens (primary N) is 1. The van der Waals surface area contributed by atoms with Crippen LogP contribution in [-0.4, -0.2) is 4.98 Å². The Hall–Kier alpha value is -0.610. The van der Waals surface area contributed by atoms with Gasteiger partial charge in [0.05, 0.1) is 10.2 Å². The molecule has 1 aromatic heterocycles. The molecule has 1 aromatic carbocycles. The largest absolute Gasteiger partial charge is 0.375 e. The summed E-state index contributed by atoms with van der Waals surface area (Å²) in [5.74, 6) is 2.95. The first-order valence-electron chi connectivity index (χ1n) is 7.97. The van der Waals surface area contributed by atoms with E-state index in [0.29, 0.717) is 10.5 Å². The van der Waals surface area contributed by atoms with Gasteiger partial charge in [-0.15, -0.1) is 0 Å². The summed E-state index contributed by atoms with van der Waals surface area (Å²) in [7, 11) is 0. The Morgan fingerprint density at radius 2 is 1.71 bits per heavy atom. The molecule has 21 heavy (non-hydrogen) atoms. The zero-order valence-corrected chi connectivity index (χ0v) is 14.3. The minimum atomic E-state index is 0.449. The fourth-order valence-corrected chi connectivity index (χ4v) is 7.26. The van der Waals surface area contributed by atoms with E-state index in [9.17, 15) is 0 Å². The minimum Gasteiger partial charge on any atom is -0.375 e. The fourth-order valence-electron chi connectivity index (χ4n) is 5.78. The lowest BCUT2D eigenvalue weighted by atomic mass is 9.48. The van der Waals surface area contributed by atoms with E-state index in [1.807, 2.05) is 0 Å². The van der Waals surface area contributed by atoms with Crippen molar-refractivity contribution in [1.82, 2.24) is 4.98 Å². The summed E-state index contributed by atoms with van der Waals surface area (Å²) in [5.41, 5.74) is 8.93. The molecule has 0 saturated heterocycles. The van der Waals surface area contributed by atoms with Crippen LogP contribution in [-0.2, 0) is 5.41 Å². The fraction of sp³-hybridized carbons (Fsp3) is 0.588. The molecule has 4 heteroatoms. The summed E-state index contributed by atoms with van der Waals surface area (Å²) in [6.07, 6.45) is 8.71. The number of anilines is 1. The molecule has 2 aromatic rings. The molecule has 0 radical (unpaired) electrons. The van der Waals surface area contributed by atoms with E-state index in [4.69, 9.17) is 5.73 Å². The third-order valence-corrected chi connectivity index (χ3v) is 7.55. The molecule has 4 fully saturated rings. The summed E-state index contributed by atoms with van der Waals surface area (Å²) >= 11 is 5.35. The normalized spacial score (nSPS) is 37.5. The van der Waals surface area contributed by atoms with E-state index in [1.165, 1.54) is 43.2 Å². The van der Waals surface area contributed by atoms with Crippen molar-refractivity contribution < 1.29 is 0 Å². The monoisotopic (exact) mass is 362 g/mol. The average Bonchev–Trinajstić information content (AvgIpc) is 2.78. The van der Waals surface area contributed by atoms with Crippen LogP contribution in [0.2, 0.25) is 0 Å². The van der Waals surface area contributed by atoms with Gasteiger partial charge in [-0.2, -0.15) is 0 Å². The zero-order valence-electron chi connectivity index (χ0n) is 11.9. The summed E-state index contributed by atoms with van der Waals surface area (Å²) in [6, 6.07) is 4.73. The number of benzene rings is 1. The highest BCUT2D eigenvalue weighted by atomic mass is 79.9. The highest BCUT2D eigenvalue weighted by molar-refractivity contribution is 9.10. The maximum atomic E-state index is 5.90. The average molecular weight is 363 g/mol. The van der Waals surface area contributed by atoms with Crippen LogP contribution in [0.3, 0.4) is 0 Å². The first-order chi connectivity index (χ1) is 10.1. The first-order valence-corrected chi connectivity index (χ1v) is 9.58. The molecule has 0 spiro atoms. The number of nitrogen functional groups attached to an aromatic ring is 1. The van der Waals surface area contributed by atoms with E-state index < -0.39 is 0 Å². The van der Waals surface area contributed by atoms with E-state index in [-0.39, 0.29) is 0 Å². The molecule has 110 valence electrons. The van der Waals surface area contributed by atoms with Gasteiger partial charge in [0.1, 0.15) is 0 Å². The van der Waals surface area contributed by atoms with Crippen LogP contribution in [0, 0.1) is 17.8 Å². The Labute approximate surface area is 137 Å². The van der Waals surface area contributed by atoms with E-state index in [2.05, 4.69) is 33.0 Å². The van der Waals surface area contributed by atoms with E-state index >= 15 is 0 Å². The number of thiazole rings is 1. The van der Waals surface area contributed by atoms with Gasteiger partial charge in [0.2, 0.25) is 0 Å². The van der Waals surface area contributed by atoms with Crippen LogP contribution in [0.25, 0.3) is 10.2 Å². The van der Waals surface area contributed by atoms with Gasteiger partial charge in [-0.25, -0.2) is 4.98 Å². The second-order valence-electron chi connectivity index (χ2n) is 7.55. The van der Waals surface area contributed by atoms with Crippen LogP contribution >= 0.6 is 27.3 Å². The van der Waals surface area contributed by atoms with Crippen molar-refractivity contribution in [3.8, 4) is 0 Å². The predicted molar refractivity (Wildman–Crippen MR) is 91.6 cm³/mol. The summed E-state index contributed by atoms with van der Waals surface area (Å²) in [6.45, 7) is 0. The summed E-state index contributed by atoms with van der Waals surface area (Å²) in [5, 5.41) is 0.674. The van der Waals surface area contributed by atoms with Gasteiger partial charge in [-0.05, 0) is 95.3 Å². The van der Waals surface area contributed by atoms with Gasteiger partial charge in [0.15, 0.2) is 5.13 Å². The van der Waals surface area contributed by atoms with Crippen LogP contribution in [0.1, 0.15) is 44.1 Å². The van der Waals surface area contributed by atoms with Crippen LogP contribution in [0.5, 0.6) is 0 Å². The Morgan fingerprint density at radius 1 is 1.10 bits per heavy atom. The molecular formula is C17H19BrN2S. The van der Waals surface area contributed by atoms with Crippen molar-refractivity contribution in [2.75, 3.05) is 5.73 Å². The number of hydrogen-bond acceptors (Lipinski definition) is 3. The van der Waals surface area contributed by atoms with Gasteiger partial charge in [0, 0.05) is 4.47 Å². The lowest BCUT2D eigenvalue weighted by molar-refractivity contribution is -0.00514. The zero-order chi connectivity index (χ0) is 14.2. The Morgan fingerprint density at radius 3 is 2.33 bits per heavy atom. The second-order valence-corrected chi connectivity index (χ2v) is 9.47. The number of fused-ring (bicyclic) bond motifs is 1. The second kappa shape index (κ2) is 4.23. The number of rotatable bonds is 1. The minimum absolute atomic E-state index is 0.449. The lowest BCUT2D eigenvalue weighted by Crippen LogP contribution is -2.48. The Bertz CT molecular complexity index is 700. The first kappa shape index (κ1) is 12.9. The topological polar surface area (TPSA) is 38.9 Å². The quantitative estimate of drug-likeness (QED) is 0.765. The van der Waals surface area contributed by atoms with E-state index in [0.717, 1.165) is 27.7 Å². The number of halogens is 1. The van der Waals surface area contributed by atoms with Gasteiger partial charge < -0.3 is 5.73 Å². The van der Waals surface area contributed by atoms with Crippen molar-refractivity contribution in [3.05, 3.63) is 22.2 Å². The van der Waals surface area contributed by atoms with Crippen LogP contribution < -0.4 is 5.73 Å².